The van der Waals surface area contributed by atoms with E-state index in [9.17, 15) is 4.79 Å². The largest absolute Gasteiger partial charge is 0.380 e. The van der Waals surface area contributed by atoms with Crippen molar-refractivity contribution < 1.29 is 9.53 Å². The number of nitrogens with zero attached hydrogens (tertiary/aromatic N) is 2. The molecule has 0 aliphatic carbocycles. The SMILES string of the molecule is COC(C)CNC(=O)c1cc(Cl)nnc1Cl. The standard InChI is InChI=1S/C9H11Cl2N3O2/c1-5(16-2)4-12-9(15)6-3-7(10)13-14-8(6)11/h3,5H,4H2,1-2H3,(H,12,15). The van der Waals surface area contributed by atoms with E-state index < -0.39 is 0 Å². The van der Waals surface area contributed by atoms with Crippen LogP contribution in [0.5, 0.6) is 0 Å². The van der Waals surface area contributed by atoms with Gasteiger partial charge < -0.3 is 10.1 Å². The fourth-order valence-electron chi connectivity index (χ4n) is 0.927. The maximum Gasteiger partial charge on any atom is 0.254 e. The highest BCUT2D eigenvalue weighted by molar-refractivity contribution is 6.34. The van der Waals surface area contributed by atoms with Crippen LogP contribution in [0.4, 0.5) is 0 Å². The number of aromatic nitrogens is 2. The number of rotatable bonds is 4. The van der Waals surface area contributed by atoms with Crippen molar-refractivity contribution in [1.29, 1.82) is 0 Å². The molecular weight excluding hydrogens is 253 g/mol. The molecule has 0 radical (unpaired) electrons. The van der Waals surface area contributed by atoms with Crippen LogP contribution < -0.4 is 5.32 Å². The van der Waals surface area contributed by atoms with Crippen molar-refractivity contribution in [3.8, 4) is 0 Å². The summed E-state index contributed by atoms with van der Waals surface area (Å²) in [6.07, 6.45) is -0.0759. The van der Waals surface area contributed by atoms with Crippen LogP contribution in [0.3, 0.4) is 0 Å². The van der Waals surface area contributed by atoms with Crippen LogP contribution in [-0.2, 0) is 4.74 Å². The van der Waals surface area contributed by atoms with Gasteiger partial charge in [-0.05, 0) is 13.0 Å². The van der Waals surface area contributed by atoms with E-state index in [0.29, 0.717) is 6.54 Å². The Labute approximate surface area is 103 Å². The molecule has 0 bridgehead atoms. The van der Waals surface area contributed by atoms with Gasteiger partial charge in [0.15, 0.2) is 10.3 Å². The van der Waals surface area contributed by atoms with Crippen LogP contribution >= 0.6 is 23.2 Å². The lowest BCUT2D eigenvalue weighted by atomic mass is 10.3. The Balaban J connectivity index is 2.69. The molecule has 1 rings (SSSR count). The molecule has 1 unspecified atom stereocenters. The highest BCUT2D eigenvalue weighted by Gasteiger charge is 2.13. The van der Waals surface area contributed by atoms with Crippen LogP contribution in [0.25, 0.3) is 0 Å². The normalized spacial score (nSPS) is 12.2. The number of ether oxygens (including phenoxy) is 1. The molecule has 88 valence electrons. The van der Waals surface area contributed by atoms with Gasteiger partial charge in [-0.15, -0.1) is 10.2 Å². The Morgan fingerprint density at radius 3 is 2.88 bits per heavy atom. The highest BCUT2D eigenvalue weighted by Crippen LogP contribution is 2.14. The third-order valence-corrected chi connectivity index (χ3v) is 2.38. The van der Waals surface area contributed by atoms with E-state index in [1.165, 1.54) is 6.07 Å². The summed E-state index contributed by atoms with van der Waals surface area (Å²) in [5.41, 5.74) is 0.199. The van der Waals surface area contributed by atoms with Gasteiger partial charge in [0.2, 0.25) is 0 Å². The lowest BCUT2D eigenvalue weighted by Gasteiger charge is -2.10. The second-order valence-electron chi connectivity index (χ2n) is 3.13. The van der Waals surface area contributed by atoms with Crippen molar-refractivity contribution in [3.63, 3.8) is 0 Å². The number of hydrogen-bond donors (Lipinski definition) is 1. The average molecular weight is 264 g/mol. The molecule has 1 N–H and O–H groups in total. The predicted octanol–water partition coefficient (Wildman–Crippen LogP) is 1.55. The summed E-state index contributed by atoms with van der Waals surface area (Å²) in [6, 6.07) is 1.36. The molecule has 1 atom stereocenters. The van der Waals surface area contributed by atoms with Crippen molar-refractivity contribution in [2.45, 2.75) is 13.0 Å². The van der Waals surface area contributed by atoms with E-state index in [1.807, 2.05) is 6.92 Å². The molecule has 1 aromatic rings. The molecule has 0 spiro atoms. The second kappa shape index (κ2) is 5.98. The summed E-state index contributed by atoms with van der Waals surface area (Å²) in [7, 11) is 1.56. The van der Waals surface area contributed by atoms with Gasteiger partial charge in [0.1, 0.15) is 0 Å². The number of hydrogen-bond acceptors (Lipinski definition) is 4. The minimum atomic E-state index is -0.356. The Morgan fingerprint density at radius 1 is 1.56 bits per heavy atom. The van der Waals surface area contributed by atoms with Crippen LogP contribution in [-0.4, -0.2) is 35.9 Å². The zero-order valence-corrected chi connectivity index (χ0v) is 10.3. The summed E-state index contributed by atoms with van der Waals surface area (Å²) in [6.45, 7) is 2.21. The molecule has 1 aromatic heterocycles. The first-order valence-electron chi connectivity index (χ1n) is 4.54. The van der Waals surface area contributed by atoms with Crippen molar-refractivity contribution in [2.24, 2.45) is 0 Å². The van der Waals surface area contributed by atoms with Crippen molar-refractivity contribution >= 4 is 29.1 Å². The molecule has 7 heteroatoms. The van der Waals surface area contributed by atoms with Crippen molar-refractivity contribution in [1.82, 2.24) is 15.5 Å². The zero-order valence-electron chi connectivity index (χ0n) is 8.83. The topological polar surface area (TPSA) is 64.1 Å². The molecule has 5 nitrogen and oxygen atoms in total. The summed E-state index contributed by atoms with van der Waals surface area (Å²) in [4.78, 5) is 11.7. The molecule has 0 aliphatic heterocycles. The molecule has 16 heavy (non-hydrogen) atoms. The molecular formula is C9H11Cl2N3O2. The number of carbonyl (C=O) groups excluding carboxylic acids is 1. The Bertz CT molecular complexity index is 387. The molecule has 1 heterocycles. The monoisotopic (exact) mass is 263 g/mol. The minimum absolute atomic E-state index is 0.0203. The Hall–Kier alpha value is -0.910. The van der Waals surface area contributed by atoms with Crippen LogP contribution in [0, 0.1) is 0 Å². The summed E-state index contributed by atoms with van der Waals surface area (Å²) < 4.78 is 4.99. The van der Waals surface area contributed by atoms with Gasteiger partial charge in [-0.1, -0.05) is 23.2 Å². The number of halogens is 2. The Kier molecular flexibility index (Phi) is 4.92. The van der Waals surface area contributed by atoms with Crippen molar-refractivity contribution in [2.75, 3.05) is 13.7 Å². The third kappa shape index (κ3) is 3.59. The molecule has 1 amide bonds. The van der Waals surface area contributed by atoms with E-state index >= 15 is 0 Å². The zero-order chi connectivity index (χ0) is 12.1. The number of nitrogens with one attached hydrogen (secondary N) is 1. The molecule has 0 aromatic carbocycles. The lowest BCUT2D eigenvalue weighted by Crippen LogP contribution is -2.31. The summed E-state index contributed by atoms with van der Waals surface area (Å²) >= 11 is 11.3. The van der Waals surface area contributed by atoms with Crippen LogP contribution in [0.2, 0.25) is 10.3 Å². The van der Waals surface area contributed by atoms with Gasteiger partial charge in [0.05, 0.1) is 11.7 Å². The third-order valence-electron chi connectivity index (χ3n) is 1.92. The van der Waals surface area contributed by atoms with Gasteiger partial charge in [-0.3, -0.25) is 4.79 Å². The van der Waals surface area contributed by atoms with E-state index in [0.717, 1.165) is 0 Å². The quantitative estimate of drug-likeness (QED) is 0.896. The first kappa shape index (κ1) is 13.2. The van der Waals surface area contributed by atoms with Gasteiger partial charge in [0, 0.05) is 13.7 Å². The molecule has 0 saturated heterocycles. The van der Waals surface area contributed by atoms with Crippen LogP contribution in [0.1, 0.15) is 17.3 Å². The fourth-order valence-corrected chi connectivity index (χ4v) is 1.25. The van der Waals surface area contributed by atoms with Crippen molar-refractivity contribution in [3.05, 3.63) is 21.9 Å². The Morgan fingerprint density at radius 2 is 2.25 bits per heavy atom. The first-order chi connectivity index (χ1) is 7.54. The lowest BCUT2D eigenvalue weighted by molar-refractivity contribution is 0.0870. The van der Waals surface area contributed by atoms with Crippen LogP contribution in [0.15, 0.2) is 6.07 Å². The number of amides is 1. The molecule has 0 aliphatic rings. The second-order valence-corrected chi connectivity index (χ2v) is 3.87. The molecule has 0 saturated carbocycles. The maximum atomic E-state index is 11.7. The number of carbonyl (C=O) groups is 1. The highest BCUT2D eigenvalue weighted by atomic mass is 35.5. The van der Waals surface area contributed by atoms with E-state index in [4.69, 9.17) is 27.9 Å². The molecule has 0 fully saturated rings. The van der Waals surface area contributed by atoms with E-state index in [2.05, 4.69) is 15.5 Å². The fraction of sp³-hybridized carbons (Fsp3) is 0.444. The van der Waals surface area contributed by atoms with Gasteiger partial charge in [0.25, 0.3) is 5.91 Å². The smallest absolute Gasteiger partial charge is 0.254 e. The predicted molar refractivity (Wildman–Crippen MR) is 60.9 cm³/mol. The van der Waals surface area contributed by atoms with E-state index in [1.54, 1.807) is 7.11 Å². The van der Waals surface area contributed by atoms with Gasteiger partial charge in [-0.25, -0.2) is 0 Å². The summed E-state index contributed by atoms with van der Waals surface area (Å²) in [5, 5.41) is 9.83. The van der Waals surface area contributed by atoms with Gasteiger partial charge >= 0.3 is 0 Å². The summed E-state index contributed by atoms with van der Waals surface area (Å²) in [5.74, 6) is -0.356. The minimum Gasteiger partial charge on any atom is -0.380 e. The van der Waals surface area contributed by atoms with Gasteiger partial charge in [-0.2, -0.15) is 0 Å². The number of methoxy groups -OCH3 is 1. The first-order valence-corrected chi connectivity index (χ1v) is 5.30. The average Bonchev–Trinajstić information content (AvgIpc) is 2.28. The maximum absolute atomic E-state index is 11.7. The van der Waals surface area contributed by atoms with E-state index in [-0.39, 0.29) is 27.9 Å².